The molecule has 1 aliphatic heterocycles. The van der Waals surface area contributed by atoms with Crippen molar-refractivity contribution in [1.82, 2.24) is 10.2 Å². The lowest BCUT2D eigenvalue weighted by Crippen LogP contribution is -2.52. The van der Waals surface area contributed by atoms with Gasteiger partial charge in [-0.25, -0.2) is 4.79 Å². The quantitative estimate of drug-likeness (QED) is 0.579. The zero-order valence-electron chi connectivity index (χ0n) is 17.2. The standard InChI is InChI=1S/C22H22Cl2N2O5S/c1-13(27)26-12-32-11-20(26)21(28)25-19(22(29)30)9-14-5-7-15(8-6-14)31-10-16-17(23)3-2-4-18(16)24/h2-8,19-20H,9-12H2,1H3,(H,25,28)(H,29,30). The van der Waals surface area contributed by atoms with Crippen LogP contribution in [0.3, 0.4) is 0 Å². The number of benzene rings is 2. The average Bonchev–Trinajstić information content (AvgIpc) is 3.24. The second-order valence-corrected chi connectivity index (χ2v) is 9.06. The van der Waals surface area contributed by atoms with Gasteiger partial charge in [0.1, 0.15) is 24.4 Å². The minimum Gasteiger partial charge on any atom is -0.489 e. The summed E-state index contributed by atoms with van der Waals surface area (Å²) in [7, 11) is 0. The fraction of sp³-hybridized carbons (Fsp3) is 0.318. The Morgan fingerprint density at radius 3 is 2.44 bits per heavy atom. The SMILES string of the molecule is CC(=O)N1CSCC1C(=O)NC(Cc1ccc(OCc2c(Cl)cccc2Cl)cc1)C(=O)O. The van der Waals surface area contributed by atoms with Gasteiger partial charge in [-0.2, -0.15) is 0 Å². The van der Waals surface area contributed by atoms with Crippen LogP contribution in [-0.2, 0) is 27.4 Å². The number of carbonyl (C=O) groups excluding carboxylic acids is 2. The van der Waals surface area contributed by atoms with Gasteiger partial charge in [-0.1, -0.05) is 41.4 Å². The van der Waals surface area contributed by atoms with Crippen LogP contribution >= 0.6 is 35.0 Å². The molecule has 7 nitrogen and oxygen atoms in total. The second-order valence-electron chi connectivity index (χ2n) is 7.24. The molecular formula is C22H22Cl2N2O5S. The molecule has 1 heterocycles. The van der Waals surface area contributed by atoms with Crippen molar-refractivity contribution >= 4 is 52.7 Å². The van der Waals surface area contributed by atoms with Gasteiger partial charge in [-0.05, 0) is 29.8 Å². The fourth-order valence-corrected chi connectivity index (χ4v) is 4.95. The molecule has 0 radical (unpaired) electrons. The van der Waals surface area contributed by atoms with Gasteiger partial charge in [0.15, 0.2) is 0 Å². The van der Waals surface area contributed by atoms with Crippen molar-refractivity contribution in [1.29, 1.82) is 0 Å². The number of carboxylic acids is 1. The monoisotopic (exact) mass is 496 g/mol. The van der Waals surface area contributed by atoms with E-state index in [9.17, 15) is 19.5 Å². The lowest BCUT2D eigenvalue weighted by Gasteiger charge is -2.23. The molecule has 2 aromatic carbocycles. The van der Waals surface area contributed by atoms with Crippen LogP contribution in [0.5, 0.6) is 5.75 Å². The fourth-order valence-electron chi connectivity index (χ4n) is 3.22. The Kier molecular flexibility index (Phi) is 8.28. The van der Waals surface area contributed by atoms with E-state index in [2.05, 4.69) is 5.32 Å². The van der Waals surface area contributed by atoms with Crippen LogP contribution in [0.2, 0.25) is 10.0 Å². The first-order chi connectivity index (χ1) is 15.3. The molecule has 2 atom stereocenters. The van der Waals surface area contributed by atoms with Crippen LogP contribution in [0.4, 0.5) is 0 Å². The Labute approximate surface area is 200 Å². The molecule has 1 fully saturated rings. The van der Waals surface area contributed by atoms with E-state index in [0.717, 1.165) is 0 Å². The van der Waals surface area contributed by atoms with E-state index in [1.165, 1.54) is 23.6 Å². The predicted molar refractivity (Wildman–Crippen MR) is 124 cm³/mol. The molecule has 0 saturated carbocycles. The average molecular weight is 497 g/mol. The van der Waals surface area contributed by atoms with Gasteiger partial charge < -0.3 is 20.1 Å². The highest BCUT2D eigenvalue weighted by Crippen LogP contribution is 2.26. The smallest absolute Gasteiger partial charge is 0.326 e. The highest BCUT2D eigenvalue weighted by molar-refractivity contribution is 7.99. The van der Waals surface area contributed by atoms with Gasteiger partial charge in [0.2, 0.25) is 11.8 Å². The van der Waals surface area contributed by atoms with Crippen LogP contribution < -0.4 is 10.1 Å². The number of ether oxygens (including phenoxy) is 1. The summed E-state index contributed by atoms with van der Waals surface area (Å²) in [4.78, 5) is 37.4. The first kappa shape index (κ1) is 24.2. The van der Waals surface area contributed by atoms with Crippen molar-refractivity contribution in [3.8, 4) is 5.75 Å². The molecular weight excluding hydrogens is 475 g/mol. The Morgan fingerprint density at radius 2 is 1.84 bits per heavy atom. The predicted octanol–water partition coefficient (Wildman–Crippen LogP) is 3.61. The number of nitrogens with zero attached hydrogens (tertiary/aromatic N) is 1. The third-order valence-corrected chi connectivity index (χ3v) is 6.73. The molecule has 0 aromatic heterocycles. The van der Waals surface area contributed by atoms with Crippen molar-refractivity contribution in [3.63, 3.8) is 0 Å². The van der Waals surface area contributed by atoms with Gasteiger partial charge in [0.05, 0.1) is 5.88 Å². The summed E-state index contributed by atoms with van der Waals surface area (Å²) in [5.41, 5.74) is 1.39. The number of rotatable bonds is 8. The molecule has 10 heteroatoms. The van der Waals surface area contributed by atoms with E-state index in [0.29, 0.717) is 38.6 Å². The largest absolute Gasteiger partial charge is 0.489 e. The molecule has 0 aliphatic carbocycles. The zero-order chi connectivity index (χ0) is 23.3. The summed E-state index contributed by atoms with van der Waals surface area (Å²) in [6, 6.07) is 10.3. The van der Waals surface area contributed by atoms with E-state index in [1.807, 2.05) is 0 Å². The highest BCUT2D eigenvalue weighted by Gasteiger charge is 2.35. The number of hydrogen-bond donors (Lipinski definition) is 2. The van der Waals surface area contributed by atoms with Crippen molar-refractivity contribution in [2.75, 3.05) is 11.6 Å². The third-order valence-electron chi connectivity index (χ3n) is 5.01. The number of carboxylic acid groups (broad SMARTS) is 1. The molecule has 2 N–H and O–H groups in total. The Bertz CT molecular complexity index is 982. The number of aliphatic carboxylic acids is 1. The zero-order valence-corrected chi connectivity index (χ0v) is 19.5. The highest BCUT2D eigenvalue weighted by atomic mass is 35.5. The number of thioether (sulfide) groups is 1. The van der Waals surface area contributed by atoms with Crippen molar-refractivity contribution < 1.29 is 24.2 Å². The Morgan fingerprint density at radius 1 is 1.19 bits per heavy atom. The number of amides is 2. The first-order valence-corrected chi connectivity index (χ1v) is 11.7. The van der Waals surface area contributed by atoms with Gasteiger partial charge in [0.25, 0.3) is 0 Å². The Balaban J connectivity index is 1.60. The molecule has 1 aliphatic rings. The van der Waals surface area contributed by atoms with Crippen molar-refractivity contribution in [2.45, 2.75) is 32.0 Å². The maximum atomic E-state index is 12.6. The van der Waals surface area contributed by atoms with E-state index in [-0.39, 0.29) is 18.9 Å². The summed E-state index contributed by atoms with van der Waals surface area (Å²) >= 11 is 13.7. The number of carbonyl (C=O) groups is 3. The van der Waals surface area contributed by atoms with Crippen LogP contribution in [-0.4, -0.2) is 51.5 Å². The molecule has 0 spiro atoms. The lowest BCUT2D eigenvalue weighted by atomic mass is 10.1. The molecule has 1 saturated heterocycles. The molecule has 2 amide bonds. The van der Waals surface area contributed by atoms with Crippen LogP contribution in [0.1, 0.15) is 18.1 Å². The molecule has 3 rings (SSSR count). The normalized spacial score (nSPS) is 16.5. The van der Waals surface area contributed by atoms with Crippen molar-refractivity contribution in [2.24, 2.45) is 0 Å². The lowest BCUT2D eigenvalue weighted by molar-refractivity contribution is -0.143. The summed E-state index contributed by atoms with van der Waals surface area (Å²) in [6.07, 6.45) is 0.0949. The van der Waals surface area contributed by atoms with E-state index >= 15 is 0 Å². The van der Waals surface area contributed by atoms with Gasteiger partial charge in [-0.3, -0.25) is 9.59 Å². The molecule has 0 bridgehead atoms. The van der Waals surface area contributed by atoms with E-state index in [1.54, 1.807) is 42.5 Å². The third kappa shape index (κ3) is 6.09. The molecule has 32 heavy (non-hydrogen) atoms. The van der Waals surface area contributed by atoms with Crippen LogP contribution in [0.15, 0.2) is 42.5 Å². The number of halogens is 2. The van der Waals surface area contributed by atoms with Gasteiger partial charge >= 0.3 is 5.97 Å². The maximum absolute atomic E-state index is 12.6. The maximum Gasteiger partial charge on any atom is 0.326 e. The summed E-state index contributed by atoms with van der Waals surface area (Å²) in [5, 5.41) is 13.2. The minimum absolute atomic E-state index is 0.0949. The summed E-state index contributed by atoms with van der Waals surface area (Å²) in [5.74, 6) is -0.386. The molecule has 2 aromatic rings. The van der Waals surface area contributed by atoms with Gasteiger partial charge in [0, 0.05) is 34.7 Å². The van der Waals surface area contributed by atoms with Crippen molar-refractivity contribution in [3.05, 3.63) is 63.6 Å². The second kappa shape index (κ2) is 10.9. The van der Waals surface area contributed by atoms with E-state index < -0.39 is 24.0 Å². The minimum atomic E-state index is -1.15. The van der Waals surface area contributed by atoms with E-state index in [4.69, 9.17) is 27.9 Å². The van der Waals surface area contributed by atoms with Gasteiger partial charge in [-0.15, -0.1) is 11.8 Å². The topological polar surface area (TPSA) is 95.9 Å². The number of hydrogen-bond acceptors (Lipinski definition) is 5. The van der Waals surface area contributed by atoms with Crippen LogP contribution in [0.25, 0.3) is 0 Å². The first-order valence-electron chi connectivity index (χ1n) is 9.79. The Hall–Kier alpha value is -2.42. The molecule has 2 unspecified atom stereocenters. The van der Waals surface area contributed by atoms with Crippen LogP contribution in [0, 0.1) is 0 Å². The summed E-state index contributed by atoms with van der Waals surface area (Å²) < 4.78 is 5.73. The number of nitrogens with one attached hydrogen (secondary N) is 1. The molecule has 170 valence electrons. The summed E-state index contributed by atoms with van der Waals surface area (Å²) in [6.45, 7) is 1.59.